The van der Waals surface area contributed by atoms with Gasteiger partial charge in [0.25, 0.3) is 18.7 Å². The average Bonchev–Trinajstić information content (AvgIpc) is 3.35. The van der Waals surface area contributed by atoms with E-state index in [9.17, 15) is 18.8 Å². The minimum atomic E-state index is -1.26. The van der Waals surface area contributed by atoms with Crippen LogP contribution in [0.2, 0.25) is 0 Å². The van der Waals surface area contributed by atoms with Crippen molar-refractivity contribution in [1.82, 2.24) is 15.2 Å². The first-order valence-corrected chi connectivity index (χ1v) is 13.1. The molecule has 1 saturated heterocycles. The summed E-state index contributed by atoms with van der Waals surface area (Å²) in [6.07, 6.45) is 0. The van der Waals surface area contributed by atoms with E-state index in [1.54, 1.807) is 31.4 Å². The van der Waals surface area contributed by atoms with Crippen LogP contribution in [-0.2, 0) is 30.6 Å². The Morgan fingerprint density at radius 2 is 2.11 bits per heavy atom. The number of hydrogen-bond donors (Lipinski definition) is 2. The van der Waals surface area contributed by atoms with Gasteiger partial charge in [-0.25, -0.2) is 14.2 Å². The number of nitrogens with two attached hydrogens (primary N) is 1. The number of nitrogen functional groups attached to an aromatic ring is 1. The fraction of sp³-hybridized carbons (Fsp3) is 0.318. The van der Waals surface area contributed by atoms with Crippen LogP contribution in [0.4, 0.5) is 9.52 Å². The number of β-lactam (4-membered cyclic amide) rings is 1. The number of aromatic nitrogens is 1. The zero-order chi connectivity index (χ0) is 26.5. The molecule has 0 radical (unpaired) electrons. The maximum atomic E-state index is 13.1. The average molecular weight is 570 g/mol. The molecule has 2 aromatic rings. The van der Waals surface area contributed by atoms with Crippen molar-refractivity contribution in [3.63, 3.8) is 0 Å². The summed E-state index contributed by atoms with van der Waals surface area (Å²) in [5.74, 6) is -1.01. The van der Waals surface area contributed by atoms with Crippen molar-refractivity contribution < 1.29 is 33.1 Å². The number of oxime groups is 1. The fourth-order valence-corrected chi connectivity index (χ4v) is 5.84. The molecular weight excluding hydrogens is 549 g/mol. The van der Waals surface area contributed by atoms with Gasteiger partial charge in [-0.2, -0.15) is 0 Å². The van der Waals surface area contributed by atoms with Crippen molar-refractivity contribution in [2.45, 2.75) is 18.0 Å². The normalized spacial score (nSPS) is 19.2. The molecule has 37 heavy (non-hydrogen) atoms. The topological polar surface area (TPSA) is 145 Å². The third-order valence-corrected chi connectivity index (χ3v) is 7.74. The number of rotatable bonds is 10. The number of carbonyl (C=O) groups excluding carboxylic acids is 3. The molecule has 2 atom stereocenters. The van der Waals surface area contributed by atoms with Crippen LogP contribution < -0.4 is 15.8 Å². The third kappa shape index (κ3) is 5.65. The van der Waals surface area contributed by atoms with Crippen LogP contribution in [0.25, 0.3) is 0 Å². The number of anilines is 1. The molecule has 3 heterocycles. The van der Waals surface area contributed by atoms with Gasteiger partial charge < -0.3 is 25.4 Å². The summed E-state index contributed by atoms with van der Waals surface area (Å²) in [7, 11) is 1.55. The molecule has 11 nitrogen and oxygen atoms in total. The van der Waals surface area contributed by atoms with E-state index < -0.39 is 36.1 Å². The van der Waals surface area contributed by atoms with Gasteiger partial charge in [0.1, 0.15) is 35.2 Å². The molecule has 0 saturated carbocycles. The van der Waals surface area contributed by atoms with E-state index in [4.69, 9.17) is 26.8 Å². The van der Waals surface area contributed by atoms with Gasteiger partial charge in [-0.3, -0.25) is 14.5 Å². The lowest BCUT2D eigenvalue weighted by atomic mass is 10.0. The highest BCUT2D eigenvalue weighted by Gasteiger charge is 2.54. The zero-order valence-electron chi connectivity index (χ0n) is 19.3. The van der Waals surface area contributed by atoms with Gasteiger partial charge in [-0.05, 0) is 23.3 Å². The van der Waals surface area contributed by atoms with Crippen molar-refractivity contribution in [3.05, 3.63) is 52.2 Å². The minimum absolute atomic E-state index is 0.0208. The van der Waals surface area contributed by atoms with Crippen LogP contribution in [0.15, 0.2) is 46.1 Å². The van der Waals surface area contributed by atoms with Crippen molar-refractivity contribution in [2.24, 2.45) is 5.16 Å². The number of amides is 2. The van der Waals surface area contributed by atoms with E-state index >= 15 is 0 Å². The number of thioether (sulfide) groups is 1. The Morgan fingerprint density at radius 1 is 1.35 bits per heavy atom. The Morgan fingerprint density at radius 3 is 2.73 bits per heavy atom. The lowest BCUT2D eigenvalue weighted by Crippen LogP contribution is -2.71. The second kappa shape index (κ2) is 11.8. The Hall–Kier alpha value is -3.36. The number of nitrogens with zero attached hydrogens (tertiary/aromatic N) is 3. The standard InChI is InChI=1S/C22H21ClFN5O6S2/c1-33-13-4-2-11(3-5-13)7-34-21(32)17-12(6-23)8-36-20-16(19(31)29(17)20)27-18(30)15(28-35-10-24)14-9-37-22(25)26-14/h2-5,9,16,20H,6-8,10H2,1H3,(H2,25,26)(H,27,30)/b28-15+/t16-,20-/m1/s1. The molecule has 2 aliphatic heterocycles. The number of carbonyl (C=O) groups is 3. The minimum Gasteiger partial charge on any atom is -0.497 e. The van der Waals surface area contributed by atoms with E-state index in [2.05, 4.69) is 20.3 Å². The van der Waals surface area contributed by atoms with Crippen LogP contribution >= 0.6 is 34.7 Å². The van der Waals surface area contributed by atoms with Crippen molar-refractivity contribution >= 4 is 63.3 Å². The van der Waals surface area contributed by atoms with E-state index in [1.807, 2.05) is 0 Å². The zero-order valence-corrected chi connectivity index (χ0v) is 21.7. The number of ether oxygens (including phenoxy) is 2. The Bertz CT molecular complexity index is 1250. The number of nitrogens with one attached hydrogen (secondary N) is 1. The van der Waals surface area contributed by atoms with Crippen LogP contribution in [0.1, 0.15) is 11.3 Å². The number of benzene rings is 1. The van der Waals surface area contributed by atoms with Crippen molar-refractivity contribution in [3.8, 4) is 5.75 Å². The Labute approximate surface area is 223 Å². The Balaban J connectivity index is 1.46. The van der Waals surface area contributed by atoms with Gasteiger partial charge >= 0.3 is 5.97 Å². The molecule has 0 bridgehead atoms. The second-order valence-corrected chi connectivity index (χ2v) is 9.88. The van der Waals surface area contributed by atoms with E-state index in [1.165, 1.54) is 22.0 Å². The molecule has 1 aromatic heterocycles. The van der Waals surface area contributed by atoms with Gasteiger partial charge in [-0.1, -0.05) is 17.3 Å². The summed E-state index contributed by atoms with van der Waals surface area (Å²) in [6, 6.07) is 6.00. The molecule has 2 aliphatic rings. The molecule has 3 N–H and O–H groups in total. The molecule has 0 unspecified atom stereocenters. The summed E-state index contributed by atoms with van der Waals surface area (Å²) in [6.45, 7) is -1.29. The molecule has 1 aromatic carbocycles. The fourth-order valence-electron chi connectivity index (χ4n) is 3.61. The maximum Gasteiger partial charge on any atom is 0.355 e. The predicted octanol–water partition coefficient (Wildman–Crippen LogP) is 2.02. The van der Waals surface area contributed by atoms with E-state index in [0.29, 0.717) is 17.1 Å². The predicted molar refractivity (Wildman–Crippen MR) is 136 cm³/mol. The molecule has 1 fully saturated rings. The first kappa shape index (κ1) is 26.7. The summed E-state index contributed by atoms with van der Waals surface area (Å²) < 4.78 is 23.1. The van der Waals surface area contributed by atoms with E-state index in [0.717, 1.165) is 16.9 Å². The highest BCUT2D eigenvalue weighted by atomic mass is 35.5. The van der Waals surface area contributed by atoms with Crippen LogP contribution in [0.5, 0.6) is 5.75 Å². The van der Waals surface area contributed by atoms with Crippen LogP contribution in [0.3, 0.4) is 0 Å². The molecule has 4 rings (SSSR count). The van der Waals surface area contributed by atoms with Gasteiger partial charge in [0, 0.05) is 17.0 Å². The number of methoxy groups -OCH3 is 1. The van der Waals surface area contributed by atoms with Crippen LogP contribution in [0, 0.1) is 0 Å². The van der Waals surface area contributed by atoms with Crippen LogP contribution in [-0.4, -0.2) is 70.4 Å². The van der Waals surface area contributed by atoms with Gasteiger partial charge in [0.15, 0.2) is 10.8 Å². The molecule has 0 aliphatic carbocycles. The third-order valence-electron chi connectivity index (χ3n) is 5.40. The number of thiazole rings is 1. The summed E-state index contributed by atoms with van der Waals surface area (Å²) in [5.41, 5.74) is 6.67. The lowest BCUT2D eigenvalue weighted by Gasteiger charge is -2.49. The smallest absolute Gasteiger partial charge is 0.355 e. The summed E-state index contributed by atoms with van der Waals surface area (Å²) in [4.78, 5) is 48.6. The molecular formula is C22H21ClFN5O6S2. The van der Waals surface area contributed by atoms with Crippen molar-refractivity contribution in [1.29, 1.82) is 0 Å². The number of fused-ring (bicyclic) bond motifs is 1. The number of hydrogen-bond acceptors (Lipinski definition) is 11. The lowest BCUT2D eigenvalue weighted by molar-refractivity contribution is -0.153. The monoisotopic (exact) mass is 569 g/mol. The van der Waals surface area contributed by atoms with E-state index in [-0.39, 0.29) is 34.7 Å². The number of esters is 1. The highest BCUT2D eigenvalue weighted by Crippen LogP contribution is 2.41. The molecule has 15 heteroatoms. The van der Waals surface area contributed by atoms with Gasteiger partial charge in [0.2, 0.25) is 0 Å². The number of alkyl halides is 2. The Kier molecular flexibility index (Phi) is 8.51. The molecule has 196 valence electrons. The maximum absolute atomic E-state index is 13.1. The first-order valence-electron chi connectivity index (χ1n) is 10.7. The second-order valence-electron chi connectivity index (χ2n) is 7.62. The van der Waals surface area contributed by atoms with Gasteiger partial charge in [0.05, 0.1) is 7.11 Å². The molecule has 2 amide bonds. The SMILES string of the molecule is COc1ccc(COC(=O)C2=C(CCl)CS[C@@H]3[C@H](NC(=O)/C(=N/OCF)c4csc(N)n4)C(=O)N23)cc1. The largest absolute Gasteiger partial charge is 0.497 e. The quantitative estimate of drug-likeness (QED) is 0.144. The first-order chi connectivity index (χ1) is 17.9. The summed E-state index contributed by atoms with van der Waals surface area (Å²) in [5, 5.41) is 7.07. The summed E-state index contributed by atoms with van der Waals surface area (Å²) >= 11 is 8.44. The number of halogens is 2. The van der Waals surface area contributed by atoms with Gasteiger partial charge in [-0.15, -0.1) is 34.7 Å². The van der Waals surface area contributed by atoms with Crippen molar-refractivity contribution in [2.75, 3.05) is 31.3 Å². The highest BCUT2D eigenvalue weighted by molar-refractivity contribution is 8.00. The molecule has 0 spiro atoms.